The van der Waals surface area contributed by atoms with Crippen LogP contribution in [-0.2, 0) is 6.54 Å². The summed E-state index contributed by atoms with van der Waals surface area (Å²) in [6, 6.07) is 3.61. The van der Waals surface area contributed by atoms with Crippen LogP contribution in [0.15, 0.2) is 18.2 Å². The normalized spacial score (nSPS) is 15.9. The minimum absolute atomic E-state index is 0. The minimum Gasteiger partial charge on any atom is -0.314 e. The van der Waals surface area contributed by atoms with Crippen molar-refractivity contribution >= 4 is 24.8 Å². The largest absolute Gasteiger partial charge is 0.314 e. The third kappa shape index (κ3) is 4.76. The van der Waals surface area contributed by atoms with Gasteiger partial charge in [-0.1, -0.05) is 0 Å². The Bertz CT molecular complexity index is 344. The second-order valence-electron chi connectivity index (χ2n) is 3.76. The molecule has 0 unspecified atom stereocenters. The van der Waals surface area contributed by atoms with Crippen LogP contribution in [0, 0.1) is 11.6 Å². The number of nitrogens with one attached hydrogen (secondary N) is 1. The highest BCUT2D eigenvalue weighted by Gasteiger charge is 2.12. The molecule has 1 aliphatic heterocycles. The molecule has 0 bridgehead atoms. The van der Waals surface area contributed by atoms with Gasteiger partial charge in [-0.05, 0) is 18.2 Å². The van der Waals surface area contributed by atoms with Crippen molar-refractivity contribution in [3.63, 3.8) is 0 Å². The minimum atomic E-state index is -0.374. The zero-order valence-electron chi connectivity index (χ0n) is 9.29. The number of benzene rings is 1. The second-order valence-corrected chi connectivity index (χ2v) is 3.76. The Balaban J connectivity index is 0.00000128. The van der Waals surface area contributed by atoms with E-state index in [-0.39, 0.29) is 36.4 Å². The molecule has 1 fully saturated rings. The SMILES string of the molecule is Cl.Cl.Fc1ccc(F)c(CN2CCNCC2)c1. The zero-order chi connectivity index (χ0) is 10.7. The van der Waals surface area contributed by atoms with Crippen molar-refractivity contribution in [3.8, 4) is 0 Å². The van der Waals surface area contributed by atoms with Gasteiger partial charge >= 0.3 is 0 Å². The third-order valence-electron chi connectivity index (χ3n) is 2.61. The fraction of sp³-hybridized carbons (Fsp3) is 0.455. The van der Waals surface area contributed by atoms with Crippen molar-refractivity contribution < 1.29 is 8.78 Å². The lowest BCUT2D eigenvalue weighted by molar-refractivity contribution is 0.230. The molecule has 1 aromatic carbocycles. The van der Waals surface area contributed by atoms with Gasteiger partial charge in [-0.3, -0.25) is 4.90 Å². The summed E-state index contributed by atoms with van der Waals surface area (Å²) < 4.78 is 26.2. The molecule has 0 radical (unpaired) electrons. The van der Waals surface area contributed by atoms with Gasteiger partial charge < -0.3 is 5.32 Å². The summed E-state index contributed by atoms with van der Waals surface area (Å²) in [6.45, 7) is 4.09. The van der Waals surface area contributed by atoms with E-state index in [1.165, 1.54) is 12.1 Å². The van der Waals surface area contributed by atoms with Crippen LogP contribution in [0.3, 0.4) is 0 Å². The van der Waals surface area contributed by atoms with E-state index in [1.807, 2.05) is 0 Å². The molecular formula is C11H16Cl2F2N2. The third-order valence-corrected chi connectivity index (χ3v) is 2.61. The second kappa shape index (κ2) is 7.82. The smallest absolute Gasteiger partial charge is 0.127 e. The van der Waals surface area contributed by atoms with Crippen LogP contribution in [0.5, 0.6) is 0 Å². The lowest BCUT2D eigenvalue weighted by Crippen LogP contribution is -2.43. The predicted octanol–water partition coefficient (Wildman–Crippen LogP) is 2.21. The molecule has 1 aromatic rings. The van der Waals surface area contributed by atoms with Gasteiger partial charge in [-0.25, -0.2) is 8.78 Å². The van der Waals surface area contributed by atoms with E-state index < -0.39 is 0 Å². The van der Waals surface area contributed by atoms with Gasteiger partial charge in [-0.15, -0.1) is 24.8 Å². The number of rotatable bonds is 2. The van der Waals surface area contributed by atoms with Crippen LogP contribution in [-0.4, -0.2) is 31.1 Å². The zero-order valence-corrected chi connectivity index (χ0v) is 10.9. The fourth-order valence-corrected chi connectivity index (χ4v) is 1.77. The molecule has 0 atom stereocenters. The molecule has 0 aromatic heterocycles. The summed E-state index contributed by atoms with van der Waals surface area (Å²) in [5.74, 6) is -0.698. The van der Waals surface area contributed by atoms with Gasteiger partial charge in [0.1, 0.15) is 11.6 Å². The molecule has 17 heavy (non-hydrogen) atoms. The predicted molar refractivity (Wildman–Crippen MR) is 69.0 cm³/mol. The lowest BCUT2D eigenvalue weighted by atomic mass is 10.2. The van der Waals surface area contributed by atoms with Crippen molar-refractivity contribution in [1.29, 1.82) is 0 Å². The van der Waals surface area contributed by atoms with E-state index in [1.54, 1.807) is 0 Å². The average molecular weight is 285 g/mol. The van der Waals surface area contributed by atoms with Crippen LogP contribution in [0.1, 0.15) is 5.56 Å². The van der Waals surface area contributed by atoms with Gasteiger partial charge in [0.25, 0.3) is 0 Å². The number of hydrogen-bond acceptors (Lipinski definition) is 2. The molecule has 98 valence electrons. The molecule has 0 saturated carbocycles. The fourth-order valence-electron chi connectivity index (χ4n) is 1.77. The standard InChI is InChI=1S/C11H14F2N2.2ClH/c12-10-1-2-11(13)9(7-10)8-15-5-3-14-4-6-15;;/h1-2,7,14H,3-6,8H2;2*1H. The van der Waals surface area contributed by atoms with Crippen molar-refractivity contribution in [1.82, 2.24) is 10.2 Å². The van der Waals surface area contributed by atoms with E-state index in [9.17, 15) is 8.78 Å². The first-order valence-corrected chi connectivity index (χ1v) is 5.13. The van der Waals surface area contributed by atoms with Gasteiger partial charge in [0, 0.05) is 38.3 Å². The molecule has 0 spiro atoms. The Morgan fingerprint density at radius 1 is 1.12 bits per heavy atom. The molecule has 0 aliphatic carbocycles. The van der Waals surface area contributed by atoms with Crippen LogP contribution >= 0.6 is 24.8 Å². The van der Waals surface area contributed by atoms with Crippen LogP contribution in [0.4, 0.5) is 8.78 Å². The van der Waals surface area contributed by atoms with Crippen molar-refractivity contribution in [3.05, 3.63) is 35.4 Å². The molecule has 2 rings (SSSR count). The summed E-state index contributed by atoms with van der Waals surface area (Å²) in [7, 11) is 0. The van der Waals surface area contributed by atoms with Gasteiger partial charge in [-0.2, -0.15) is 0 Å². The van der Waals surface area contributed by atoms with E-state index >= 15 is 0 Å². The number of halogens is 4. The Morgan fingerprint density at radius 2 is 1.76 bits per heavy atom. The van der Waals surface area contributed by atoms with Crippen molar-refractivity contribution in [2.24, 2.45) is 0 Å². The van der Waals surface area contributed by atoms with E-state index in [2.05, 4.69) is 10.2 Å². The van der Waals surface area contributed by atoms with E-state index in [4.69, 9.17) is 0 Å². The topological polar surface area (TPSA) is 15.3 Å². The first-order chi connectivity index (χ1) is 7.25. The van der Waals surface area contributed by atoms with Crippen LogP contribution < -0.4 is 5.32 Å². The molecule has 2 nitrogen and oxygen atoms in total. The molecule has 1 aliphatic rings. The maximum absolute atomic E-state index is 13.3. The molecule has 1 saturated heterocycles. The summed E-state index contributed by atoms with van der Waals surface area (Å²) in [5.41, 5.74) is 0.442. The monoisotopic (exact) mass is 284 g/mol. The molecule has 6 heteroatoms. The molecular weight excluding hydrogens is 269 g/mol. The number of nitrogens with zero attached hydrogens (tertiary/aromatic N) is 1. The van der Waals surface area contributed by atoms with Crippen molar-refractivity contribution in [2.45, 2.75) is 6.54 Å². The van der Waals surface area contributed by atoms with Crippen LogP contribution in [0.2, 0.25) is 0 Å². The summed E-state index contributed by atoms with van der Waals surface area (Å²) in [4.78, 5) is 2.12. The average Bonchev–Trinajstić information content (AvgIpc) is 2.25. The Labute approximate surface area is 112 Å². The Kier molecular flexibility index (Phi) is 7.63. The number of piperazine rings is 1. The molecule has 1 heterocycles. The van der Waals surface area contributed by atoms with E-state index in [0.717, 1.165) is 32.2 Å². The first kappa shape index (κ1) is 16.6. The summed E-state index contributed by atoms with van der Waals surface area (Å²) in [6.07, 6.45) is 0. The first-order valence-electron chi connectivity index (χ1n) is 5.13. The highest BCUT2D eigenvalue weighted by molar-refractivity contribution is 5.85. The molecule has 0 amide bonds. The Morgan fingerprint density at radius 3 is 2.41 bits per heavy atom. The lowest BCUT2D eigenvalue weighted by Gasteiger charge is -2.27. The van der Waals surface area contributed by atoms with Gasteiger partial charge in [0.15, 0.2) is 0 Å². The maximum atomic E-state index is 13.3. The van der Waals surface area contributed by atoms with Gasteiger partial charge in [0.2, 0.25) is 0 Å². The number of hydrogen-bond donors (Lipinski definition) is 1. The van der Waals surface area contributed by atoms with Gasteiger partial charge in [0.05, 0.1) is 0 Å². The van der Waals surface area contributed by atoms with Crippen molar-refractivity contribution in [2.75, 3.05) is 26.2 Å². The highest BCUT2D eigenvalue weighted by atomic mass is 35.5. The quantitative estimate of drug-likeness (QED) is 0.896. The maximum Gasteiger partial charge on any atom is 0.127 e. The van der Waals surface area contributed by atoms with Crippen LogP contribution in [0.25, 0.3) is 0 Å². The highest BCUT2D eigenvalue weighted by Crippen LogP contribution is 2.12. The summed E-state index contributed by atoms with van der Waals surface area (Å²) in [5, 5.41) is 3.22. The summed E-state index contributed by atoms with van der Waals surface area (Å²) >= 11 is 0. The molecule has 1 N–H and O–H groups in total. The Hall–Kier alpha value is -0.420. The van der Waals surface area contributed by atoms with E-state index in [0.29, 0.717) is 12.1 Å².